The Morgan fingerprint density at radius 1 is 1.23 bits per heavy atom. The first-order valence-electron chi connectivity index (χ1n) is 3.29. The molecule has 0 aliphatic carbocycles. The SMILES string of the molecule is Cc1ccc(OP(=O)(O)O)cc1.[KH]. The molecular formula is C7H10KO4P. The van der Waals surface area contributed by atoms with Crippen molar-refractivity contribution in [3.05, 3.63) is 29.8 Å². The summed E-state index contributed by atoms with van der Waals surface area (Å²) in [7, 11) is -4.40. The van der Waals surface area contributed by atoms with Crippen LogP contribution in [0.25, 0.3) is 0 Å². The van der Waals surface area contributed by atoms with Crippen LogP contribution in [0.4, 0.5) is 0 Å². The summed E-state index contributed by atoms with van der Waals surface area (Å²) < 4.78 is 14.7. The molecule has 0 fully saturated rings. The molecule has 13 heavy (non-hydrogen) atoms. The quantitative estimate of drug-likeness (QED) is 0.581. The van der Waals surface area contributed by atoms with Crippen LogP contribution < -0.4 is 4.52 Å². The molecule has 4 nitrogen and oxygen atoms in total. The van der Waals surface area contributed by atoms with E-state index in [1.165, 1.54) is 12.1 Å². The van der Waals surface area contributed by atoms with Gasteiger partial charge in [0.05, 0.1) is 0 Å². The number of aryl methyl sites for hydroxylation is 1. The molecule has 0 heterocycles. The fourth-order valence-corrected chi connectivity index (χ4v) is 1.13. The van der Waals surface area contributed by atoms with E-state index in [4.69, 9.17) is 9.79 Å². The third-order valence-corrected chi connectivity index (χ3v) is 1.69. The van der Waals surface area contributed by atoms with E-state index in [9.17, 15) is 4.57 Å². The summed E-state index contributed by atoms with van der Waals surface area (Å²) in [6.07, 6.45) is 0. The van der Waals surface area contributed by atoms with Gasteiger partial charge in [-0.1, -0.05) is 17.7 Å². The fraction of sp³-hybridized carbons (Fsp3) is 0.143. The normalized spacial score (nSPS) is 10.4. The van der Waals surface area contributed by atoms with Crippen molar-refractivity contribution in [2.24, 2.45) is 0 Å². The fourth-order valence-electron chi connectivity index (χ4n) is 0.736. The van der Waals surface area contributed by atoms with Gasteiger partial charge in [-0.15, -0.1) is 0 Å². The number of benzene rings is 1. The average Bonchev–Trinajstić information content (AvgIpc) is 1.91. The second-order valence-electron chi connectivity index (χ2n) is 2.39. The number of phosphoric ester groups is 1. The van der Waals surface area contributed by atoms with Crippen LogP contribution in [0, 0.1) is 6.92 Å². The van der Waals surface area contributed by atoms with Crippen molar-refractivity contribution in [1.82, 2.24) is 0 Å². The molecule has 0 aliphatic rings. The zero-order valence-corrected chi connectivity index (χ0v) is 7.36. The van der Waals surface area contributed by atoms with Crippen molar-refractivity contribution in [2.75, 3.05) is 0 Å². The first-order valence-corrected chi connectivity index (χ1v) is 4.82. The molecule has 0 saturated heterocycles. The molecule has 2 N–H and O–H groups in total. The van der Waals surface area contributed by atoms with Gasteiger partial charge in [-0.3, -0.25) is 9.79 Å². The van der Waals surface area contributed by atoms with Crippen molar-refractivity contribution < 1.29 is 18.9 Å². The van der Waals surface area contributed by atoms with E-state index in [1.54, 1.807) is 12.1 Å². The Bertz CT molecular complexity index is 305. The molecule has 1 rings (SSSR count). The Labute approximate surface area is 119 Å². The molecule has 0 aliphatic heterocycles. The molecule has 0 aromatic heterocycles. The first-order chi connectivity index (χ1) is 5.47. The van der Waals surface area contributed by atoms with E-state index < -0.39 is 7.82 Å². The van der Waals surface area contributed by atoms with Crippen molar-refractivity contribution in [3.8, 4) is 5.75 Å². The van der Waals surface area contributed by atoms with Gasteiger partial charge in [-0.25, -0.2) is 4.57 Å². The van der Waals surface area contributed by atoms with E-state index in [1.807, 2.05) is 6.92 Å². The Balaban J connectivity index is 0.00000144. The molecule has 6 heteroatoms. The third kappa shape index (κ3) is 5.99. The van der Waals surface area contributed by atoms with E-state index in [0.29, 0.717) is 0 Å². The van der Waals surface area contributed by atoms with Crippen molar-refractivity contribution >= 4 is 59.2 Å². The molecule has 1 aromatic carbocycles. The zero-order chi connectivity index (χ0) is 9.19. The molecule has 0 atom stereocenters. The molecule has 0 spiro atoms. The minimum absolute atomic E-state index is 0. The Morgan fingerprint density at radius 3 is 2.08 bits per heavy atom. The molecule has 0 bridgehead atoms. The van der Waals surface area contributed by atoms with Gasteiger partial charge in [0.25, 0.3) is 0 Å². The van der Waals surface area contributed by atoms with Gasteiger partial charge in [-0.2, -0.15) is 0 Å². The molecule has 68 valence electrons. The Kier molecular flexibility index (Phi) is 5.98. The summed E-state index contributed by atoms with van der Waals surface area (Å²) in [5.41, 5.74) is 1.01. The maximum absolute atomic E-state index is 10.4. The van der Waals surface area contributed by atoms with Gasteiger partial charge in [0.15, 0.2) is 0 Å². The van der Waals surface area contributed by atoms with Crippen LogP contribution in [0.1, 0.15) is 5.56 Å². The van der Waals surface area contributed by atoms with Crippen LogP contribution in [-0.4, -0.2) is 61.2 Å². The summed E-state index contributed by atoms with van der Waals surface area (Å²) in [5, 5.41) is 0. The summed E-state index contributed by atoms with van der Waals surface area (Å²) in [4.78, 5) is 16.9. The van der Waals surface area contributed by atoms with Gasteiger partial charge in [0, 0.05) is 0 Å². The van der Waals surface area contributed by atoms with Crippen molar-refractivity contribution in [2.45, 2.75) is 6.92 Å². The molecule has 1 aromatic rings. The van der Waals surface area contributed by atoms with Crippen LogP contribution >= 0.6 is 7.82 Å². The third-order valence-electron chi connectivity index (χ3n) is 1.25. The maximum atomic E-state index is 10.4. The molecular weight excluding hydrogens is 218 g/mol. The Hall–Kier alpha value is 0.806. The Morgan fingerprint density at radius 2 is 1.69 bits per heavy atom. The average molecular weight is 228 g/mol. The summed E-state index contributed by atoms with van der Waals surface area (Å²) in [6.45, 7) is 1.88. The van der Waals surface area contributed by atoms with Gasteiger partial charge in [0.1, 0.15) is 5.75 Å². The summed E-state index contributed by atoms with van der Waals surface area (Å²) >= 11 is 0. The van der Waals surface area contributed by atoms with E-state index in [-0.39, 0.29) is 57.1 Å². The summed E-state index contributed by atoms with van der Waals surface area (Å²) in [6, 6.07) is 6.44. The number of hydrogen-bond donors (Lipinski definition) is 2. The van der Waals surface area contributed by atoms with E-state index in [0.717, 1.165) is 5.56 Å². The van der Waals surface area contributed by atoms with E-state index >= 15 is 0 Å². The second kappa shape index (κ2) is 5.63. The van der Waals surface area contributed by atoms with Gasteiger partial charge < -0.3 is 4.52 Å². The molecule has 0 radical (unpaired) electrons. The van der Waals surface area contributed by atoms with Crippen LogP contribution in [-0.2, 0) is 4.57 Å². The van der Waals surface area contributed by atoms with Crippen LogP contribution in [0.15, 0.2) is 24.3 Å². The first kappa shape index (κ1) is 13.8. The topological polar surface area (TPSA) is 66.8 Å². The van der Waals surface area contributed by atoms with Crippen LogP contribution in [0.3, 0.4) is 0 Å². The van der Waals surface area contributed by atoms with Crippen LogP contribution in [0.2, 0.25) is 0 Å². The van der Waals surface area contributed by atoms with E-state index in [2.05, 4.69) is 4.52 Å². The number of rotatable bonds is 2. The second-order valence-corrected chi connectivity index (χ2v) is 3.56. The molecule has 0 unspecified atom stereocenters. The standard InChI is InChI=1S/C7H9O4P.K.H/c1-6-2-4-7(5-3-6)11-12(8,9)10;;/h2-5H,1H3,(H2,8,9,10);;. The van der Waals surface area contributed by atoms with Crippen LogP contribution in [0.5, 0.6) is 5.75 Å². The molecule has 0 saturated carbocycles. The molecule has 0 amide bonds. The van der Waals surface area contributed by atoms with Crippen molar-refractivity contribution in [1.29, 1.82) is 0 Å². The predicted molar refractivity (Wildman–Crippen MR) is 51.0 cm³/mol. The predicted octanol–water partition coefficient (Wildman–Crippen LogP) is 0.818. The zero-order valence-electron chi connectivity index (χ0n) is 6.47. The van der Waals surface area contributed by atoms with Gasteiger partial charge in [0.2, 0.25) is 0 Å². The van der Waals surface area contributed by atoms with Gasteiger partial charge in [-0.05, 0) is 19.1 Å². The monoisotopic (exact) mass is 228 g/mol. The summed E-state index contributed by atoms with van der Waals surface area (Å²) in [5.74, 6) is 0.175. The van der Waals surface area contributed by atoms with Gasteiger partial charge >= 0.3 is 59.2 Å². The number of phosphoric acid groups is 1. The number of hydrogen-bond acceptors (Lipinski definition) is 2. The van der Waals surface area contributed by atoms with Crippen molar-refractivity contribution in [3.63, 3.8) is 0 Å². The minimum atomic E-state index is -4.40.